The molecule has 0 saturated heterocycles. The van der Waals surface area contributed by atoms with Crippen LogP contribution in [0.3, 0.4) is 0 Å². The third-order valence-electron chi connectivity index (χ3n) is 5.80. The number of nitrogens with one attached hydrogen (secondary N) is 1. The number of aromatic nitrogens is 3. The van der Waals surface area contributed by atoms with Crippen molar-refractivity contribution in [2.45, 2.75) is 39.7 Å². The van der Waals surface area contributed by atoms with Gasteiger partial charge in [-0.1, -0.05) is 67.4 Å². The van der Waals surface area contributed by atoms with E-state index < -0.39 is 0 Å². The number of aryl methyl sites for hydroxylation is 1. The molecule has 0 radical (unpaired) electrons. The molecule has 1 atom stereocenters. The normalized spacial score (nSPS) is 19.9. The zero-order chi connectivity index (χ0) is 21.0. The van der Waals surface area contributed by atoms with Gasteiger partial charge in [-0.25, -0.2) is 4.68 Å². The summed E-state index contributed by atoms with van der Waals surface area (Å²) >= 11 is 6.40. The Kier molecular flexibility index (Phi) is 4.33. The molecule has 0 amide bonds. The third-order valence-corrected chi connectivity index (χ3v) is 6.13. The first-order valence-electron chi connectivity index (χ1n) is 10.1. The van der Waals surface area contributed by atoms with E-state index in [4.69, 9.17) is 21.7 Å². The van der Waals surface area contributed by atoms with Crippen molar-refractivity contribution in [3.8, 4) is 11.4 Å². The number of nitrogens with zero attached hydrogens (tertiary/aromatic N) is 3. The van der Waals surface area contributed by atoms with Crippen LogP contribution in [0.25, 0.3) is 11.4 Å². The molecule has 1 aromatic heterocycles. The van der Waals surface area contributed by atoms with Gasteiger partial charge in [0.1, 0.15) is 6.04 Å². The van der Waals surface area contributed by atoms with Crippen molar-refractivity contribution in [2.24, 2.45) is 5.41 Å². The van der Waals surface area contributed by atoms with Crippen molar-refractivity contribution in [3.05, 3.63) is 76.0 Å². The molecular formula is C24H23ClN4O. The Labute approximate surface area is 180 Å². The smallest absolute Gasteiger partial charge is 0.226 e. The summed E-state index contributed by atoms with van der Waals surface area (Å²) in [4.78, 5) is 18.0. The molecule has 1 aliphatic carbocycles. The summed E-state index contributed by atoms with van der Waals surface area (Å²) in [6.07, 6.45) is 1.32. The van der Waals surface area contributed by atoms with Gasteiger partial charge >= 0.3 is 0 Å². The van der Waals surface area contributed by atoms with E-state index in [9.17, 15) is 4.79 Å². The molecule has 5 rings (SSSR count). The van der Waals surface area contributed by atoms with Gasteiger partial charge in [0, 0.05) is 23.3 Å². The van der Waals surface area contributed by atoms with Crippen molar-refractivity contribution in [3.63, 3.8) is 0 Å². The Hall–Kier alpha value is -2.92. The Bertz CT molecular complexity index is 1210. The minimum absolute atomic E-state index is 0.0895. The lowest BCUT2D eigenvalue weighted by Crippen LogP contribution is -2.36. The molecule has 2 aromatic carbocycles. The van der Waals surface area contributed by atoms with Gasteiger partial charge in [-0.3, -0.25) is 4.79 Å². The maximum absolute atomic E-state index is 13.3. The highest BCUT2D eigenvalue weighted by Crippen LogP contribution is 2.45. The summed E-state index contributed by atoms with van der Waals surface area (Å²) in [7, 11) is 0. The molecule has 0 fully saturated rings. The Balaban J connectivity index is 1.71. The van der Waals surface area contributed by atoms with Gasteiger partial charge in [0.2, 0.25) is 5.95 Å². The summed E-state index contributed by atoms with van der Waals surface area (Å²) in [5.41, 5.74) is 4.61. The molecule has 1 N–H and O–H groups in total. The lowest BCUT2D eigenvalue weighted by Gasteiger charge is -2.38. The first kappa shape index (κ1) is 19.1. The van der Waals surface area contributed by atoms with E-state index in [1.807, 2.05) is 35.0 Å². The Morgan fingerprint density at radius 1 is 1.13 bits per heavy atom. The minimum atomic E-state index is -0.302. The van der Waals surface area contributed by atoms with E-state index in [-0.39, 0.29) is 17.2 Å². The quantitative estimate of drug-likeness (QED) is 0.591. The van der Waals surface area contributed by atoms with Crippen molar-refractivity contribution < 1.29 is 4.79 Å². The summed E-state index contributed by atoms with van der Waals surface area (Å²) in [6.45, 7) is 6.32. The van der Waals surface area contributed by atoms with Crippen LogP contribution in [-0.2, 0) is 4.79 Å². The SMILES string of the molecule is Cc1cccc(C2C3=C(CC(C)(C)CC3=O)Nc3nc(-c4ccccc4Cl)nn32)c1. The standard InChI is InChI=1S/C24H23ClN4O/c1-14-7-6-8-15(11-14)21-20-18(12-24(2,3)13-19(20)30)26-23-27-22(28-29(21)23)16-9-4-5-10-17(16)25/h4-11,21H,12-13H2,1-3H3,(H,26,27,28). The second-order valence-corrected chi connectivity index (χ2v) is 9.37. The van der Waals surface area contributed by atoms with E-state index in [0.717, 1.165) is 34.4 Å². The highest BCUT2D eigenvalue weighted by atomic mass is 35.5. The van der Waals surface area contributed by atoms with E-state index >= 15 is 0 Å². The van der Waals surface area contributed by atoms with E-state index in [1.54, 1.807) is 0 Å². The number of anilines is 1. The predicted molar refractivity (Wildman–Crippen MR) is 118 cm³/mol. The van der Waals surface area contributed by atoms with E-state index in [2.05, 4.69) is 44.3 Å². The molecule has 1 aliphatic heterocycles. The van der Waals surface area contributed by atoms with E-state index in [1.165, 1.54) is 0 Å². The lowest BCUT2D eigenvalue weighted by molar-refractivity contribution is -0.118. The average molecular weight is 419 g/mol. The number of halogens is 1. The summed E-state index contributed by atoms with van der Waals surface area (Å²) in [6, 6.07) is 15.5. The van der Waals surface area contributed by atoms with Crippen molar-refractivity contribution in [2.75, 3.05) is 5.32 Å². The highest BCUT2D eigenvalue weighted by Gasteiger charge is 2.42. The van der Waals surface area contributed by atoms with Crippen molar-refractivity contribution in [1.82, 2.24) is 14.8 Å². The number of allylic oxidation sites excluding steroid dienone is 2. The molecule has 2 heterocycles. The summed E-state index contributed by atoms with van der Waals surface area (Å²) in [5.74, 6) is 1.36. The summed E-state index contributed by atoms with van der Waals surface area (Å²) < 4.78 is 1.84. The zero-order valence-corrected chi connectivity index (χ0v) is 18.0. The number of rotatable bonds is 2. The van der Waals surface area contributed by atoms with Gasteiger partial charge in [0.15, 0.2) is 11.6 Å². The van der Waals surface area contributed by atoms with E-state index in [0.29, 0.717) is 23.2 Å². The number of Topliss-reactive ketones (excluding diaryl/α,β-unsaturated/α-hetero) is 1. The van der Waals surface area contributed by atoms with Gasteiger partial charge in [-0.05, 0) is 36.5 Å². The van der Waals surface area contributed by atoms with Gasteiger partial charge < -0.3 is 5.32 Å². The van der Waals surface area contributed by atoms with Crippen molar-refractivity contribution in [1.29, 1.82) is 0 Å². The fourth-order valence-corrected chi connectivity index (χ4v) is 4.73. The molecule has 1 unspecified atom stereocenters. The van der Waals surface area contributed by atoms with Crippen LogP contribution in [0.4, 0.5) is 5.95 Å². The molecule has 152 valence electrons. The number of benzene rings is 2. The monoisotopic (exact) mass is 418 g/mol. The average Bonchev–Trinajstić information content (AvgIpc) is 3.09. The van der Waals surface area contributed by atoms with Crippen LogP contribution in [0.1, 0.15) is 43.9 Å². The van der Waals surface area contributed by atoms with Crippen molar-refractivity contribution >= 4 is 23.3 Å². The molecule has 6 heteroatoms. The lowest BCUT2D eigenvalue weighted by atomic mass is 9.73. The largest absolute Gasteiger partial charge is 0.328 e. The van der Waals surface area contributed by atoms with Crippen LogP contribution in [-0.4, -0.2) is 20.5 Å². The van der Waals surface area contributed by atoms with Crippen LogP contribution in [0.5, 0.6) is 0 Å². The fraction of sp³-hybridized carbons (Fsp3) is 0.292. The second-order valence-electron chi connectivity index (χ2n) is 8.96. The van der Waals surface area contributed by atoms with Crippen LogP contribution >= 0.6 is 11.6 Å². The number of carbonyl (C=O) groups excluding carboxylic acids is 1. The highest BCUT2D eigenvalue weighted by molar-refractivity contribution is 6.33. The van der Waals surface area contributed by atoms with Crippen LogP contribution < -0.4 is 5.32 Å². The number of fused-ring (bicyclic) bond motifs is 1. The summed E-state index contributed by atoms with van der Waals surface area (Å²) in [5, 5.41) is 8.82. The molecular weight excluding hydrogens is 396 g/mol. The zero-order valence-electron chi connectivity index (χ0n) is 17.2. The van der Waals surface area contributed by atoms with Gasteiger partial charge in [0.05, 0.1) is 5.02 Å². The topological polar surface area (TPSA) is 59.8 Å². The molecule has 0 spiro atoms. The fourth-order valence-electron chi connectivity index (χ4n) is 4.51. The molecule has 0 saturated carbocycles. The van der Waals surface area contributed by atoms with Crippen LogP contribution in [0.15, 0.2) is 59.8 Å². The maximum atomic E-state index is 13.3. The molecule has 3 aromatic rings. The Morgan fingerprint density at radius 3 is 2.70 bits per heavy atom. The van der Waals surface area contributed by atoms with Gasteiger partial charge in [-0.15, -0.1) is 5.10 Å². The molecule has 30 heavy (non-hydrogen) atoms. The molecule has 2 aliphatic rings. The number of hydrogen-bond acceptors (Lipinski definition) is 4. The number of carbonyl (C=O) groups is 1. The Morgan fingerprint density at radius 2 is 1.93 bits per heavy atom. The first-order chi connectivity index (χ1) is 14.3. The first-order valence-corrected chi connectivity index (χ1v) is 10.5. The number of hydrogen-bond donors (Lipinski definition) is 1. The second kappa shape index (κ2) is 6.81. The van der Waals surface area contributed by atoms with Crippen LogP contribution in [0.2, 0.25) is 5.02 Å². The molecule has 0 bridgehead atoms. The van der Waals surface area contributed by atoms with Gasteiger partial charge in [-0.2, -0.15) is 4.98 Å². The third kappa shape index (κ3) is 3.14. The predicted octanol–water partition coefficient (Wildman–Crippen LogP) is 5.57. The van der Waals surface area contributed by atoms with Gasteiger partial charge in [0.25, 0.3) is 0 Å². The maximum Gasteiger partial charge on any atom is 0.226 e. The molecule has 5 nitrogen and oxygen atoms in total. The number of ketones is 1. The van der Waals surface area contributed by atoms with Crippen LogP contribution in [0, 0.1) is 12.3 Å². The minimum Gasteiger partial charge on any atom is -0.328 e.